The largest absolute Gasteiger partial charge is 0.471 e. The van der Waals surface area contributed by atoms with E-state index in [1.807, 2.05) is 0 Å². The predicted octanol–water partition coefficient (Wildman–Crippen LogP) is 0.335. The van der Waals surface area contributed by atoms with Crippen molar-refractivity contribution in [1.82, 2.24) is 5.32 Å². The van der Waals surface area contributed by atoms with Gasteiger partial charge in [0.2, 0.25) is 0 Å². The molecule has 1 amide bonds. The zero-order chi connectivity index (χ0) is 13.5. The lowest BCUT2D eigenvalue weighted by atomic mass is 10.1. The molecule has 0 unspecified atom stereocenters. The predicted molar refractivity (Wildman–Crippen MR) is 52.9 cm³/mol. The van der Waals surface area contributed by atoms with Gasteiger partial charge in [-0.3, -0.25) is 9.59 Å². The van der Waals surface area contributed by atoms with Gasteiger partial charge in [-0.15, -0.1) is 0 Å². The second kappa shape index (κ2) is 7.10. The number of nitrogens with two attached hydrogens (primary N) is 1. The Kier molecular flexibility index (Phi) is 6.55. The minimum atomic E-state index is -4.86. The van der Waals surface area contributed by atoms with Crippen molar-refractivity contribution >= 4 is 11.9 Å². The summed E-state index contributed by atoms with van der Waals surface area (Å²) < 4.78 is 39.6. The minimum Gasteiger partial charge on any atom is -0.468 e. The van der Waals surface area contributed by atoms with Gasteiger partial charge in [0.05, 0.1) is 7.11 Å². The average molecular weight is 256 g/mol. The fourth-order valence-corrected chi connectivity index (χ4v) is 1.06. The van der Waals surface area contributed by atoms with Crippen LogP contribution in [0.3, 0.4) is 0 Å². The number of hydrogen-bond acceptors (Lipinski definition) is 4. The number of amides is 1. The number of methoxy groups -OCH3 is 1. The molecular formula is C9H15F3N2O3. The molecule has 0 fully saturated rings. The molecular weight excluding hydrogens is 241 g/mol. The van der Waals surface area contributed by atoms with Crippen LogP contribution in [-0.4, -0.2) is 37.7 Å². The Morgan fingerprint density at radius 3 is 2.41 bits per heavy atom. The Hall–Kier alpha value is -1.31. The van der Waals surface area contributed by atoms with Gasteiger partial charge in [0.15, 0.2) is 0 Å². The lowest BCUT2D eigenvalue weighted by Crippen LogP contribution is -2.37. The lowest BCUT2D eigenvalue weighted by molar-refractivity contribution is -0.173. The Balaban J connectivity index is 3.60. The van der Waals surface area contributed by atoms with E-state index < -0.39 is 24.1 Å². The molecule has 0 aliphatic rings. The molecule has 0 bridgehead atoms. The van der Waals surface area contributed by atoms with E-state index in [1.165, 1.54) is 7.11 Å². The molecule has 0 aliphatic heterocycles. The molecule has 0 aliphatic carbocycles. The van der Waals surface area contributed by atoms with E-state index in [2.05, 4.69) is 4.74 Å². The first kappa shape index (κ1) is 15.7. The minimum absolute atomic E-state index is 0.105. The number of rotatable bonds is 6. The van der Waals surface area contributed by atoms with E-state index in [0.29, 0.717) is 19.3 Å². The zero-order valence-corrected chi connectivity index (χ0v) is 9.34. The van der Waals surface area contributed by atoms with E-state index in [1.54, 1.807) is 5.32 Å². The second-order valence-corrected chi connectivity index (χ2v) is 3.38. The van der Waals surface area contributed by atoms with Gasteiger partial charge in [0.25, 0.3) is 0 Å². The fourth-order valence-electron chi connectivity index (χ4n) is 1.06. The molecule has 0 aromatic heterocycles. The van der Waals surface area contributed by atoms with Crippen LogP contribution in [0.15, 0.2) is 0 Å². The third-order valence-electron chi connectivity index (χ3n) is 1.99. The van der Waals surface area contributed by atoms with E-state index in [9.17, 15) is 22.8 Å². The summed E-state index contributed by atoms with van der Waals surface area (Å²) in [5.41, 5.74) is 5.40. The summed E-state index contributed by atoms with van der Waals surface area (Å²) in [7, 11) is 1.20. The molecule has 17 heavy (non-hydrogen) atoms. The highest BCUT2D eigenvalue weighted by Gasteiger charge is 2.38. The molecule has 0 rings (SSSR count). The van der Waals surface area contributed by atoms with Crippen molar-refractivity contribution in [3.05, 3.63) is 0 Å². The third kappa shape index (κ3) is 6.77. The van der Waals surface area contributed by atoms with Crippen LogP contribution in [0.4, 0.5) is 13.2 Å². The van der Waals surface area contributed by atoms with E-state index in [4.69, 9.17) is 5.73 Å². The Labute approximate surface area is 96.5 Å². The first-order chi connectivity index (χ1) is 7.79. The van der Waals surface area contributed by atoms with Crippen LogP contribution >= 0.6 is 0 Å². The van der Waals surface area contributed by atoms with Gasteiger partial charge < -0.3 is 15.8 Å². The molecule has 5 nitrogen and oxygen atoms in total. The number of carbonyl (C=O) groups is 2. The van der Waals surface area contributed by atoms with Crippen molar-refractivity contribution < 1.29 is 27.5 Å². The number of unbranched alkanes of at least 4 members (excludes halogenated alkanes) is 1. The summed E-state index contributed by atoms with van der Waals surface area (Å²) in [6.45, 7) is -0.105. The van der Waals surface area contributed by atoms with Gasteiger partial charge in [-0.25, -0.2) is 0 Å². The van der Waals surface area contributed by atoms with Crippen LogP contribution in [0, 0.1) is 0 Å². The molecule has 100 valence electrons. The molecule has 1 atom stereocenters. The number of hydrogen-bond donors (Lipinski definition) is 2. The number of esters is 1. The van der Waals surface area contributed by atoms with Crippen LogP contribution < -0.4 is 11.1 Å². The Morgan fingerprint density at radius 2 is 1.94 bits per heavy atom. The molecule has 0 heterocycles. The Morgan fingerprint density at radius 1 is 1.35 bits per heavy atom. The van der Waals surface area contributed by atoms with Crippen LogP contribution in [0.1, 0.15) is 19.3 Å². The summed E-state index contributed by atoms with van der Waals surface area (Å²) >= 11 is 0. The number of alkyl halides is 3. The summed E-state index contributed by atoms with van der Waals surface area (Å²) in [4.78, 5) is 21.2. The fraction of sp³-hybridized carbons (Fsp3) is 0.778. The number of nitrogens with one attached hydrogen (secondary N) is 1. The van der Waals surface area contributed by atoms with Crippen LogP contribution in [0.25, 0.3) is 0 Å². The smallest absolute Gasteiger partial charge is 0.468 e. The van der Waals surface area contributed by atoms with Gasteiger partial charge in [-0.05, 0) is 19.3 Å². The zero-order valence-electron chi connectivity index (χ0n) is 9.34. The molecule has 0 spiro atoms. The summed E-state index contributed by atoms with van der Waals surface area (Å²) in [5, 5.41) is 1.72. The molecule has 0 saturated heterocycles. The summed E-state index contributed by atoms with van der Waals surface area (Å²) in [6.07, 6.45) is -3.82. The van der Waals surface area contributed by atoms with E-state index >= 15 is 0 Å². The third-order valence-corrected chi connectivity index (χ3v) is 1.99. The van der Waals surface area contributed by atoms with Crippen molar-refractivity contribution in [2.75, 3.05) is 13.7 Å². The van der Waals surface area contributed by atoms with Crippen molar-refractivity contribution in [3.8, 4) is 0 Å². The molecule has 3 N–H and O–H groups in total. The van der Waals surface area contributed by atoms with Crippen molar-refractivity contribution in [2.24, 2.45) is 5.73 Å². The number of ether oxygens (including phenoxy) is 1. The monoisotopic (exact) mass is 256 g/mol. The van der Waals surface area contributed by atoms with E-state index in [0.717, 1.165) is 0 Å². The maximum atomic E-state index is 11.7. The lowest BCUT2D eigenvalue weighted by Gasteiger charge is -2.10. The molecule has 0 radical (unpaired) electrons. The van der Waals surface area contributed by atoms with Gasteiger partial charge >= 0.3 is 18.1 Å². The van der Waals surface area contributed by atoms with E-state index in [-0.39, 0.29) is 6.54 Å². The highest BCUT2D eigenvalue weighted by molar-refractivity contribution is 5.81. The molecule has 0 aromatic carbocycles. The first-order valence-electron chi connectivity index (χ1n) is 4.97. The highest BCUT2D eigenvalue weighted by Crippen LogP contribution is 2.13. The number of carbonyl (C=O) groups excluding carboxylic acids is 2. The maximum Gasteiger partial charge on any atom is 0.471 e. The van der Waals surface area contributed by atoms with Crippen LogP contribution in [-0.2, 0) is 14.3 Å². The normalized spacial score (nSPS) is 13.0. The van der Waals surface area contributed by atoms with Crippen LogP contribution in [0.2, 0.25) is 0 Å². The first-order valence-corrected chi connectivity index (χ1v) is 4.97. The number of halogens is 3. The standard InChI is InChI=1S/C9H15F3N2O3/c1-17-7(15)6(13)4-2-3-5-14-8(16)9(10,11)12/h6H,2-5,13H2,1H3,(H,14,16)/t6-/m0/s1. The van der Waals surface area contributed by atoms with Crippen molar-refractivity contribution in [3.63, 3.8) is 0 Å². The van der Waals surface area contributed by atoms with Crippen molar-refractivity contribution in [1.29, 1.82) is 0 Å². The maximum absolute atomic E-state index is 11.7. The molecule has 8 heteroatoms. The van der Waals surface area contributed by atoms with Gasteiger partial charge in [0.1, 0.15) is 6.04 Å². The average Bonchev–Trinajstić information content (AvgIpc) is 2.25. The summed E-state index contributed by atoms with van der Waals surface area (Å²) in [6, 6.07) is -0.779. The Bertz CT molecular complexity index is 269. The van der Waals surface area contributed by atoms with Gasteiger partial charge in [-0.2, -0.15) is 13.2 Å². The van der Waals surface area contributed by atoms with Gasteiger partial charge in [-0.1, -0.05) is 0 Å². The van der Waals surface area contributed by atoms with Gasteiger partial charge in [0, 0.05) is 6.54 Å². The quantitative estimate of drug-likeness (QED) is 0.530. The second-order valence-electron chi connectivity index (χ2n) is 3.38. The van der Waals surface area contributed by atoms with Crippen molar-refractivity contribution in [2.45, 2.75) is 31.5 Å². The summed E-state index contributed by atoms with van der Waals surface area (Å²) in [5.74, 6) is -2.53. The molecule has 0 aromatic rings. The van der Waals surface area contributed by atoms with Crippen LogP contribution in [0.5, 0.6) is 0 Å². The SMILES string of the molecule is COC(=O)[C@@H](N)CCCCNC(=O)C(F)(F)F. The topological polar surface area (TPSA) is 81.4 Å². The highest BCUT2D eigenvalue weighted by atomic mass is 19.4. The molecule has 0 saturated carbocycles.